The second kappa shape index (κ2) is 7.51. The van der Waals surface area contributed by atoms with E-state index in [-0.39, 0.29) is 11.5 Å². The summed E-state index contributed by atoms with van der Waals surface area (Å²) in [5.74, 6) is 3.80. The number of fused-ring (bicyclic) bond motifs is 5. The Hall–Kier alpha value is -1.62. The fourth-order valence-corrected chi connectivity index (χ4v) is 7.41. The monoisotopic (exact) mass is 412 g/mol. The van der Waals surface area contributed by atoms with E-state index < -0.39 is 0 Å². The molecule has 30 heavy (non-hydrogen) atoms. The van der Waals surface area contributed by atoms with Gasteiger partial charge in [0.1, 0.15) is 12.4 Å². The van der Waals surface area contributed by atoms with Crippen molar-refractivity contribution in [1.82, 2.24) is 4.98 Å². The van der Waals surface area contributed by atoms with E-state index in [1.807, 2.05) is 6.92 Å². The molecule has 0 saturated heterocycles. The average Bonchev–Trinajstić information content (AvgIpc) is 3.28. The molecule has 0 aromatic carbocycles. The number of hydrogen-bond donors (Lipinski definition) is 1. The van der Waals surface area contributed by atoms with Crippen LogP contribution >= 0.6 is 0 Å². The number of oxime groups is 1. The molecule has 0 bridgehead atoms. The highest BCUT2D eigenvalue weighted by Crippen LogP contribution is 2.65. The third-order valence-corrected chi connectivity index (χ3v) is 9.22. The number of nitrogens with zero attached hydrogens (tertiary/aromatic N) is 2. The van der Waals surface area contributed by atoms with E-state index in [9.17, 15) is 5.11 Å². The quantitative estimate of drug-likeness (QED) is 0.544. The Morgan fingerprint density at radius 1 is 1.17 bits per heavy atom. The van der Waals surface area contributed by atoms with E-state index in [0.29, 0.717) is 30.3 Å². The average molecular weight is 413 g/mol. The Morgan fingerprint density at radius 2 is 2.03 bits per heavy atom. The third kappa shape index (κ3) is 3.24. The largest absolute Gasteiger partial charge is 0.446 e. The SMILES string of the molecule is Cc1ncc(CCON=C2C=C3CCC4C(CC[C@@]5(C)C4CC[C@@H]5O)[C@@]3(C)CC2)o1. The lowest BCUT2D eigenvalue weighted by atomic mass is 9.47. The van der Waals surface area contributed by atoms with Crippen LogP contribution in [0.15, 0.2) is 27.4 Å². The molecule has 1 aromatic rings. The summed E-state index contributed by atoms with van der Waals surface area (Å²) in [6.45, 7) is 7.24. The first-order chi connectivity index (χ1) is 14.4. The van der Waals surface area contributed by atoms with Crippen molar-refractivity contribution >= 4 is 5.71 Å². The summed E-state index contributed by atoms with van der Waals surface area (Å²) in [6.07, 6.45) is 14.0. The van der Waals surface area contributed by atoms with Crippen LogP contribution < -0.4 is 0 Å². The number of aliphatic hydroxyl groups excluding tert-OH is 1. The molecule has 3 fully saturated rings. The Kier molecular flexibility index (Phi) is 5.08. The molecule has 1 heterocycles. The van der Waals surface area contributed by atoms with Crippen LogP contribution in [0.1, 0.15) is 76.9 Å². The second-order valence-electron chi connectivity index (χ2n) is 10.7. The molecule has 4 aliphatic rings. The van der Waals surface area contributed by atoms with Crippen LogP contribution in [0.5, 0.6) is 0 Å². The molecule has 1 aromatic heterocycles. The highest BCUT2D eigenvalue weighted by molar-refractivity contribution is 5.96. The van der Waals surface area contributed by atoms with Gasteiger partial charge in [-0.15, -0.1) is 0 Å². The maximum Gasteiger partial charge on any atom is 0.191 e. The van der Waals surface area contributed by atoms with Gasteiger partial charge < -0.3 is 14.4 Å². The first kappa shape index (κ1) is 20.3. The number of aliphatic hydroxyl groups is 1. The van der Waals surface area contributed by atoms with Crippen molar-refractivity contribution in [2.75, 3.05) is 6.61 Å². The molecule has 5 nitrogen and oxygen atoms in total. The molecule has 0 aliphatic heterocycles. The molecular weight excluding hydrogens is 376 g/mol. The predicted molar refractivity (Wildman–Crippen MR) is 116 cm³/mol. The molecule has 5 heteroatoms. The van der Waals surface area contributed by atoms with Gasteiger partial charge in [0.2, 0.25) is 0 Å². The number of hydrogen-bond acceptors (Lipinski definition) is 5. The molecule has 164 valence electrons. The van der Waals surface area contributed by atoms with E-state index in [0.717, 1.165) is 36.1 Å². The summed E-state index contributed by atoms with van der Waals surface area (Å²) >= 11 is 0. The lowest BCUT2D eigenvalue weighted by Crippen LogP contribution is -2.51. The van der Waals surface area contributed by atoms with Crippen molar-refractivity contribution < 1.29 is 14.4 Å². The van der Waals surface area contributed by atoms with Crippen LogP contribution in [0.2, 0.25) is 0 Å². The summed E-state index contributed by atoms with van der Waals surface area (Å²) in [5.41, 5.74) is 3.14. The van der Waals surface area contributed by atoms with Gasteiger partial charge in [-0.3, -0.25) is 0 Å². The van der Waals surface area contributed by atoms with Gasteiger partial charge in [-0.25, -0.2) is 4.98 Å². The van der Waals surface area contributed by atoms with E-state index in [1.165, 1.54) is 38.5 Å². The van der Waals surface area contributed by atoms with Crippen molar-refractivity contribution in [3.63, 3.8) is 0 Å². The molecule has 1 N–H and O–H groups in total. The van der Waals surface area contributed by atoms with Crippen LogP contribution in [-0.4, -0.2) is 28.5 Å². The Bertz CT molecular complexity index is 858. The number of oxazole rings is 1. The summed E-state index contributed by atoms with van der Waals surface area (Å²) in [6, 6.07) is 0. The zero-order chi connectivity index (χ0) is 20.9. The number of aromatic nitrogens is 1. The first-order valence-electron chi connectivity index (χ1n) is 11.9. The zero-order valence-electron chi connectivity index (χ0n) is 18.7. The lowest BCUT2D eigenvalue weighted by Gasteiger charge is -2.57. The van der Waals surface area contributed by atoms with E-state index in [2.05, 4.69) is 30.1 Å². The summed E-state index contributed by atoms with van der Waals surface area (Å²) in [4.78, 5) is 9.73. The van der Waals surface area contributed by atoms with Crippen molar-refractivity contribution in [1.29, 1.82) is 0 Å². The van der Waals surface area contributed by atoms with Crippen LogP contribution in [-0.2, 0) is 11.3 Å². The maximum absolute atomic E-state index is 10.6. The lowest BCUT2D eigenvalue weighted by molar-refractivity contribution is -0.0722. The fourth-order valence-electron chi connectivity index (χ4n) is 7.41. The summed E-state index contributed by atoms with van der Waals surface area (Å²) < 4.78 is 5.49. The highest BCUT2D eigenvalue weighted by atomic mass is 16.6. The van der Waals surface area contributed by atoms with E-state index in [1.54, 1.807) is 11.8 Å². The van der Waals surface area contributed by atoms with Gasteiger partial charge in [0.15, 0.2) is 5.89 Å². The minimum Gasteiger partial charge on any atom is -0.446 e. The minimum atomic E-state index is -0.0868. The van der Waals surface area contributed by atoms with Gasteiger partial charge in [0.05, 0.1) is 18.0 Å². The molecule has 6 atom stereocenters. The molecular formula is C25H36N2O3. The number of allylic oxidation sites excluding steroid dienone is 2. The molecule has 3 unspecified atom stereocenters. The number of aryl methyl sites for hydroxylation is 1. The normalized spacial score (nSPS) is 41.7. The topological polar surface area (TPSA) is 67.9 Å². The van der Waals surface area contributed by atoms with Crippen molar-refractivity contribution in [3.8, 4) is 0 Å². The van der Waals surface area contributed by atoms with Crippen molar-refractivity contribution in [2.24, 2.45) is 33.7 Å². The van der Waals surface area contributed by atoms with Crippen LogP contribution in [0.4, 0.5) is 0 Å². The van der Waals surface area contributed by atoms with Crippen LogP contribution in [0, 0.1) is 35.5 Å². The molecule has 4 aliphatic carbocycles. The first-order valence-corrected chi connectivity index (χ1v) is 11.9. The van der Waals surface area contributed by atoms with Crippen molar-refractivity contribution in [2.45, 2.75) is 84.7 Å². The Labute approximate surface area is 180 Å². The summed E-state index contributed by atoms with van der Waals surface area (Å²) in [5, 5.41) is 15.1. The second-order valence-corrected chi connectivity index (χ2v) is 10.7. The molecule has 5 rings (SSSR count). The standard InChI is InChI=1S/C25H36N2O3/c1-16-26-15-19(30-16)10-13-29-27-18-8-11-24(2)17(14-18)4-5-20-21-6-7-23(28)25(21,3)12-9-22(20)24/h14-15,20-23,28H,4-13H2,1-3H3/t20?,21?,22?,23-,24-,25-/m0/s1. The summed E-state index contributed by atoms with van der Waals surface area (Å²) in [7, 11) is 0. The maximum atomic E-state index is 10.6. The fraction of sp³-hybridized carbons (Fsp3) is 0.760. The minimum absolute atomic E-state index is 0.0868. The van der Waals surface area contributed by atoms with E-state index in [4.69, 9.17) is 9.25 Å². The highest BCUT2D eigenvalue weighted by Gasteiger charge is 2.58. The van der Waals surface area contributed by atoms with Gasteiger partial charge in [-0.05, 0) is 86.0 Å². The number of rotatable bonds is 4. The van der Waals surface area contributed by atoms with Crippen LogP contribution in [0.3, 0.4) is 0 Å². The molecule has 3 saturated carbocycles. The Morgan fingerprint density at radius 3 is 2.83 bits per heavy atom. The third-order valence-electron chi connectivity index (χ3n) is 9.22. The molecule has 0 amide bonds. The Balaban J connectivity index is 1.26. The van der Waals surface area contributed by atoms with Gasteiger partial charge >= 0.3 is 0 Å². The zero-order valence-corrected chi connectivity index (χ0v) is 18.7. The van der Waals surface area contributed by atoms with Crippen molar-refractivity contribution in [3.05, 3.63) is 29.5 Å². The predicted octanol–water partition coefficient (Wildman–Crippen LogP) is 5.22. The van der Waals surface area contributed by atoms with Crippen LogP contribution in [0.25, 0.3) is 0 Å². The van der Waals surface area contributed by atoms with Gasteiger partial charge in [0.25, 0.3) is 0 Å². The molecule has 0 radical (unpaired) electrons. The van der Waals surface area contributed by atoms with Gasteiger partial charge in [-0.1, -0.05) is 24.6 Å². The van der Waals surface area contributed by atoms with Gasteiger partial charge in [-0.2, -0.15) is 0 Å². The van der Waals surface area contributed by atoms with Gasteiger partial charge in [0, 0.05) is 13.3 Å². The molecule has 0 spiro atoms. The smallest absolute Gasteiger partial charge is 0.191 e. The van der Waals surface area contributed by atoms with E-state index >= 15 is 0 Å².